The van der Waals surface area contributed by atoms with E-state index < -0.39 is 0 Å². The molecule has 1 N–H and O–H groups in total. The molecule has 0 radical (unpaired) electrons. The van der Waals surface area contributed by atoms with E-state index in [1.807, 2.05) is 36.5 Å². The van der Waals surface area contributed by atoms with Crippen LogP contribution in [0.4, 0.5) is 5.82 Å². The second-order valence-electron chi connectivity index (χ2n) is 7.49. The number of benzene rings is 1. The first-order chi connectivity index (χ1) is 12.6. The third-order valence-corrected chi connectivity index (χ3v) is 5.82. The molecule has 0 unspecified atom stereocenters. The molecule has 5 heteroatoms. The summed E-state index contributed by atoms with van der Waals surface area (Å²) in [6, 6.07) is 10.1. The summed E-state index contributed by atoms with van der Waals surface area (Å²) in [4.78, 5) is 11.7. The second-order valence-corrected chi connectivity index (χ2v) is 7.49. The maximum absolute atomic E-state index is 4.75. The minimum absolute atomic E-state index is 0.459. The van der Waals surface area contributed by atoms with Crippen LogP contribution in [-0.2, 0) is 0 Å². The first-order valence-corrected chi connectivity index (χ1v) is 9.30. The fourth-order valence-electron chi connectivity index (χ4n) is 3.56. The highest BCUT2D eigenvalue weighted by Gasteiger charge is 2.29. The summed E-state index contributed by atoms with van der Waals surface area (Å²) in [6.45, 7) is 10.9. The van der Waals surface area contributed by atoms with Gasteiger partial charge in [-0.3, -0.25) is 5.10 Å². The van der Waals surface area contributed by atoms with E-state index >= 15 is 0 Å². The average Bonchev–Trinajstić information content (AvgIpc) is 3.12. The molecular weight excluding hydrogens is 322 g/mol. The second kappa shape index (κ2) is 6.56. The Hall–Kier alpha value is -2.69. The lowest BCUT2D eigenvalue weighted by molar-refractivity contribution is 0.238. The Balaban J connectivity index is 1.59. The van der Waals surface area contributed by atoms with Crippen molar-refractivity contribution in [2.75, 3.05) is 18.0 Å². The van der Waals surface area contributed by atoms with E-state index in [1.165, 1.54) is 19.3 Å². The summed E-state index contributed by atoms with van der Waals surface area (Å²) < 4.78 is 0. The number of rotatable bonds is 4. The molecule has 0 aliphatic carbocycles. The zero-order valence-corrected chi connectivity index (χ0v) is 15.5. The zero-order valence-electron chi connectivity index (χ0n) is 15.5. The predicted molar refractivity (Wildman–Crippen MR) is 106 cm³/mol. The third-order valence-electron chi connectivity index (χ3n) is 5.82. The smallest absolute Gasteiger partial charge is 0.202 e. The fourth-order valence-corrected chi connectivity index (χ4v) is 3.56. The number of anilines is 1. The van der Waals surface area contributed by atoms with E-state index in [1.54, 1.807) is 0 Å². The van der Waals surface area contributed by atoms with Gasteiger partial charge in [0.15, 0.2) is 0 Å². The molecule has 4 rings (SSSR count). The molecule has 1 aromatic carbocycles. The fraction of sp³-hybridized carbons (Fsp3) is 0.381. The molecule has 0 spiro atoms. The molecule has 0 amide bonds. The van der Waals surface area contributed by atoms with Crippen molar-refractivity contribution in [3.05, 3.63) is 54.4 Å². The number of nitrogens with one attached hydrogen (secondary N) is 1. The van der Waals surface area contributed by atoms with Gasteiger partial charge in [0.25, 0.3) is 0 Å². The molecule has 1 fully saturated rings. The van der Waals surface area contributed by atoms with E-state index in [-0.39, 0.29) is 0 Å². The highest BCUT2D eigenvalue weighted by atomic mass is 15.2. The number of nitrogens with zero attached hydrogens (tertiary/aromatic N) is 4. The number of H-pyrrole nitrogens is 1. The summed E-state index contributed by atoms with van der Waals surface area (Å²) in [5.41, 5.74) is 4.66. The quantitative estimate of drug-likeness (QED) is 0.758. The molecule has 3 aromatic rings. The highest BCUT2D eigenvalue weighted by Crippen LogP contribution is 2.35. The molecule has 3 heterocycles. The summed E-state index contributed by atoms with van der Waals surface area (Å²) >= 11 is 0. The van der Waals surface area contributed by atoms with Crippen LogP contribution in [0.25, 0.3) is 16.7 Å². The maximum Gasteiger partial charge on any atom is 0.202 e. The van der Waals surface area contributed by atoms with Crippen molar-refractivity contribution in [1.29, 1.82) is 0 Å². The average molecular weight is 347 g/mol. The molecule has 0 saturated carbocycles. The number of piperidine rings is 1. The first-order valence-electron chi connectivity index (χ1n) is 9.30. The van der Waals surface area contributed by atoms with Crippen LogP contribution in [0, 0.1) is 5.41 Å². The standard InChI is InChI=1S/C21H25N5/c1-4-21(3)10-12-26(13-11-21)17-14-22-19-18(24-25-20(19)23-17)15(2)16-8-6-5-7-9-16/h5-9,14H,2,4,10-13H2,1,3H3,(H,23,24,25). The van der Waals surface area contributed by atoms with E-state index in [0.29, 0.717) is 11.1 Å². The van der Waals surface area contributed by atoms with Gasteiger partial charge in [-0.15, -0.1) is 0 Å². The summed E-state index contributed by atoms with van der Waals surface area (Å²) in [6.07, 6.45) is 5.49. The van der Waals surface area contributed by atoms with Gasteiger partial charge >= 0.3 is 0 Å². The van der Waals surface area contributed by atoms with Crippen LogP contribution in [0.1, 0.15) is 44.4 Å². The van der Waals surface area contributed by atoms with Gasteiger partial charge in [0.05, 0.1) is 11.9 Å². The van der Waals surface area contributed by atoms with Gasteiger partial charge in [0.2, 0.25) is 5.65 Å². The largest absolute Gasteiger partial charge is 0.355 e. The zero-order chi connectivity index (χ0) is 18.1. The van der Waals surface area contributed by atoms with Crippen LogP contribution in [0.15, 0.2) is 43.1 Å². The summed E-state index contributed by atoms with van der Waals surface area (Å²) in [7, 11) is 0. The summed E-state index contributed by atoms with van der Waals surface area (Å²) in [5, 5.41) is 7.45. The minimum Gasteiger partial charge on any atom is -0.355 e. The Morgan fingerprint density at radius 2 is 1.96 bits per heavy atom. The van der Waals surface area contributed by atoms with E-state index in [9.17, 15) is 0 Å². The van der Waals surface area contributed by atoms with Gasteiger partial charge in [-0.25, -0.2) is 9.97 Å². The third kappa shape index (κ3) is 2.98. The van der Waals surface area contributed by atoms with Crippen molar-refractivity contribution >= 4 is 22.6 Å². The molecule has 1 saturated heterocycles. The van der Waals surface area contributed by atoms with Gasteiger partial charge in [0, 0.05) is 18.7 Å². The lowest BCUT2D eigenvalue weighted by Crippen LogP contribution is -2.38. The Labute approximate surface area is 154 Å². The molecule has 0 atom stereocenters. The van der Waals surface area contributed by atoms with Gasteiger partial charge < -0.3 is 4.90 Å². The topological polar surface area (TPSA) is 57.7 Å². The van der Waals surface area contributed by atoms with E-state index in [2.05, 4.69) is 40.5 Å². The van der Waals surface area contributed by atoms with Crippen molar-refractivity contribution in [3.8, 4) is 0 Å². The molecule has 1 aliphatic rings. The van der Waals surface area contributed by atoms with E-state index in [0.717, 1.165) is 41.3 Å². The molecule has 26 heavy (non-hydrogen) atoms. The monoisotopic (exact) mass is 347 g/mol. The molecular formula is C21H25N5. The normalized spacial score (nSPS) is 16.8. The Kier molecular flexibility index (Phi) is 4.23. The number of aromatic nitrogens is 4. The van der Waals surface area contributed by atoms with Gasteiger partial charge in [-0.05, 0) is 23.8 Å². The number of hydrogen-bond donors (Lipinski definition) is 1. The molecule has 134 valence electrons. The van der Waals surface area contributed by atoms with Crippen molar-refractivity contribution in [2.45, 2.75) is 33.1 Å². The summed E-state index contributed by atoms with van der Waals surface area (Å²) in [5.74, 6) is 0.916. The number of hydrogen-bond acceptors (Lipinski definition) is 4. The number of fused-ring (bicyclic) bond motifs is 1. The van der Waals surface area contributed by atoms with Gasteiger partial charge in [-0.1, -0.05) is 57.2 Å². The SMILES string of the molecule is C=C(c1ccccc1)c1[nH]nc2nc(N3CCC(C)(CC)CC3)cnc12. The Bertz CT molecular complexity index is 920. The Morgan fingerprint density at radius 1 is 1.23 bits per heavy atom. The maximum atomic E-state index is 4.75. The first kappa shape index (κ1) is 16.8. The van der Waals surface area contributed by atoms with Gasteiger partial charge in [-0.2, -0.15) is 5.10 Å². The van der Waals surface area contributed by atoms with Crippen molar-refractivity contribution in [2.24, 2.45) is 5.41 Å². The minimum atomic E-state index is 0.459. The van der Waals surface area contributed by atoms with Crippen LogP contribution in [0.3, 0.4) is 0 Å². The van der Waals surface area contributed by atoms with E-state index in [4.69, 9.17) is 4.98 Å². The lowest BCUT2D eigenvalue weighted by Gasteiger charge is -2.39. The lowest BCUT2D eigenvalue weighted by atomic mass is 9.78. The van der Waals surface area contributed by atoms with Crippen LogP contribution in [0.2, 0.25) is 0 Å². The number of aromatic amines is 1. The predicted octanol–water partition coefficient (Wildman–Crippen LogP) is 4.43. The van der Waals surface area contributed by atoms with Crippen molar-refractivity contribution in [3.63, 3.8) is 0 Å². The Morgan fingerprint density at radius 3 is 2.65 bits per heavy atom. The van der Waals surface area contributed by atoms with Crippen LogP contribution < -0.4 is 4.90 Å². The van der Waals surface area contributed by atoms with Crippen LogP contribution in [-0.4, -0.2) is 33.3 Å². The highest BCUT2D eigenvalue weighted by molar-refractivity contribution is 5.90. The van der Waals surface area contributed by atoms with Crippen LogP contribution in [0.5, 0.6) is 0 Å². The molecule has 2 aromatic heterocycles. The molecule has 1 aliphatic heterocycles. The molecule has 0 bridgehead atoms. The van der Waals surface area contributed by atoms with Crippen molar-refractivity contribution < 1.29 is 0 Å². The van der Waals surface area contributed by atoms with Gasteiger partial charge in [0.1, 0.15) is 11.3 Å². The van der Waals surface area contributed by atoms with Crippen molar-refractivity contribution in [1.82, 2.24) is 20.2 Å². The van der Waals surface area contributed by atoms with Crippen LogP contribution >= 0.6 is 0 Å². The molecule has 5 nitrogen and oxygen atoms in total.